The van der Waals surface area contributed by atoms with Gasteiger partial charge in [0.2, 0.25) is 0 Å². The van der Waals surface area contributed by atoms with Crippen LogP contribution in [0.15, 0.2) is 5.38 Å². The van der Waals surface area contributed by atoms with Gasteiger partial charge in [-0.2, -0.15) is 0 Å². The number of aromatic nitrogens is 3. The third kappa shape index (κ3) is 1.62. The van der Waals surface area contributed by atoms with Crippen LogP contribution in [0, 0.1) is 6.92 Å². The van der Waals surface area contributed by atoms with Crippen molar-refractivity contribution in [3.8, 4) is 10.8 Å². The van der Waals surface area contributed by atoms with E-state index in [0.717, 1.165) is 41.2 Å². The van der Waals surface area contributed by atoms with Crippen molar-refractivity contribution in [1.82, 2.24) is 15.0 Å². The van der Waals surface area contributed by atoms with Crippen LogP contribution in [0.1, 0.15) is 23.4 Å². The minimum absolute atomic E-state index is 0.602. The van der Waals surface area contributed by atoms with Crippen LogP contribution >= 0.6 is 22.9 Å². The van der Waals surface area contributed by atoms with Gasteiger partial charge in [0.1, 0.15) is 5.15 Å². The van der Waals surface area contributed by atoms with E-state index in [1.807, 2.05) is 12.3 Å². The van der Waals surface area contributed by atoms with Gasteiger partial charge in [-0.25, -0.2) is 15.0 Å². The Morgan fingerprint density at radius 2 is 2.12 bits per heavy atom. The zero-order valence-corrected chi connectivity index (χ0v) is 10.4. The molecule has 0 aromatic carbocycles. The van der Waals surface area contributed by atoms with Crippen LogP contribution in [0.5, 0.6) is 0 Å². The minimum Gasteiger partial charge on any atom is -0.238 e. The van der Waals surface area contributed by atoms with Gasteiger partial charge in [-0.1, -0.05) is 11.6 Å². The average molecular weight is 252 g/mol. The summed E-state index contributed by atoms with van der Waals surface area (Å²) >= 11 is 7.72. The molecule has 0 saturated carbocycles. The van der Waals surface area contributed by atoms with E-state index in [1.54, 1.807) is 11.3 Å². The Morgan fingerprint density at radius 3 is 2.88 bits per heavy atom. The summed E-state index contributed by atoms with van der Waals surface area (Å²) in [5.41, 5.74) is 3.22. The van der Waals surface area contributed by atoms with E-state index in [1.165, 1.54) is 0 Å². The molecular weight excluding hydrogens is 242 g/mol. The van der Waals surface area contributed by atoms with Gasteiger partial charge in [-0.05, 0) is 26.2 Å². The predicted octanol–water partition coefficient (Wildman–Crippen LogP) is 3.05. The first-order valence-corrected chi connectivity index (χ1v) is 6.47. The van der Waals surface area contributed by atoms with E-state index in [2.05, 4.69) is 15.0 Å². The average Bonchev–Trinajstić information content (AvgIpc) is 2.85. The lowest BCUT2D eigenvalue weighted by atomic mass is 10.3. The van der Waals surface area contributed by atoms with Crippen molar-refractivity contribution in [3.05, 3.63) is 27.5 Å². The van der Waals surface area contributed by atoms with Gasteiger partial charge in [0.05, 0.1) is 0 Å². The van der Waals surface area contributed by atoms with Crippen LogP contribution in [-0.2, 0) is 12.8 Å². The van der Waals surface area contributed by atoms with E-state index in [0.29, 0.717) is 11.0 Å². The Labute approximate surface area is 103 Å². The zero-order chi connectivity index (χ0) is 11.1. The molecule has 3 rings (SSSR count). The molecule has 0 fully saturated rings. The van der Waals surface area contributed by atoms with Crippen molar-refractivity contribution < 1.29 is 0 Å². The van der Waals surface area contributed by atoms with E-state index in [9.17, 15) is 0 Å². The molecule has 2 aromatic heterocycles. The second kappa shape index (κ2) is 3.79. The molecule has 0 N–H and O–H groups in total. The molecule has 1 aliphatic rings. The summed E-state index contributed by atoms with van der Waals surface area (Å²) in [5.74, 6) is 0.670. The molecule has 5 heteroatoms. The van der Waals surface area contributed by atoms with Gasteiger partial charge in [0, 0.05) is 22.3 Å². The molecule has 1 aliphatic carbocycles. The van der Waals surface area contributed by atoms with Crippen LogP contribution in [0.2, 0.25) is 5.15 Å². The number of aryl methyl sites for hydroxylation is 2. The molecule has 0 spiro atoms. The number of nitrogens with zero attached hydrogens (tertiary/aromatic N) is 3. The second-order valence-electron chi connectivity index (χ2n) is 3.91. The molecule has 3 nitrogen and oxygen atoms in total. The monoisotopic (exact) mass is 251 g/mol. The minimum atomic E-state index is 0.602. The van der Waals surface area contributed by atoms with Crippen LogP contribution < -0.4 is 0 Å². The first-order valence-electron chi connectivity index (χ1n) is 5.22. The quantitative estimate of drug-likeness (QED) is 0.732. The molecule has 0 unspecified atom stereocenters. The highest BCUT2D eigenvalue weighted by Crippen LogP contribution is 2.29. The van der Waals surface area contributed by atoms with Crippen LogP contribution in [0.3, 0.4) is 0 Å². The van der Waals surface area contributed by atoms with Gasteiger partial charge in [-0.15, -0.1) is 11.3 Å². The van der Waals surface area contributed by atoms with Gasteiger partial charge >= 0.3 is 0 Å². The molecule has 0 amide bonds. The largest absolute Gasteiger partial charge is 0.238 e. The normalized spacial score (nSPS) is 14.1. The highest BCUT2D eigenvalue weighted by Gasteiger charge is 2.19. The Balaban J connectivity index is 2.12. The first kappa shape index (κ1) is 10.2. The smallest absolute Gasteiger partial charge is 0.190 e. The van der Waals surface area contributed by atoms with Crippen molar-refractivity contribution in [2.75, 3.05) is 0 Å². The standard InChI is InChI=1S/C11H10ClN3S/c1-6-5-16-11(13-6)10-14-8-4-2-3-7(8)9(12)15-10/h5H,2-4H2,1H3. The van der Waals surface area contributed by atoms with E-state index in [4.69, 9.17) is 11.6 Å². The Kier molecular flexibility index (Phi) is 2.41. The molecule has 0 bridgehead atoms. The topological polar surface area (TPSA) is 38.7 Å². The third-order valence-corrected chi connectivity index (χ3v) is 3.96. The highest BCUT2D eigenvalue weighted by molar-refractivity contribution is 7.13. The Hall–Kier alpha value is -1.00. The molecule has 0 saturated heterocycles. The number of hydrogen-bond donors (Lipinski definition) is 0. The van der Waals surface area contributed by atoms with Crippen molar-refractivity contribution in [1.29, 1.82) is 0 Å². The van der Waals surface area contributed by atoms with E-state index in [-0.39, 0.29) is 0 Å². The van der Waals surface area contributed by atoms with Crippen molar-refractivity contribution in [3.63, 3.8) is 0 Å². The highest BCUT2D eigenvalue weighted by atomic mass is 35.5. The maximum Gasteiger partial charge on any atom is 0.190 e. The summed E-state index contributed by atoms with van der Waals surface area (Å²) in [5, 5.41) is 3.46. The zero-order valence-electron chi connectivity index (χ0n) is 8.83. The Bertz CT molecular complexity index is 550. The lowest BCUT2D eigenvalue weighted by Crippen LogP contribution is -1.97. The Morgan fingerprint density at radius 1 is 1.25 bits per heavy atom. The predicted molar refractivity (Wildman–Crippen MR) is 64.9 cm³/mol. The summed E-state index contributed by atoms with van der Waals surface area (Å²) < 4.78 is 0. The summed E-state index contributed by atoms with van der Waals surface area (Å²) in [7, 11) is 0. The number of halogens is 1. The number of rotatable bonds is 1. The van der Waals surface area contributed by atoms with Crippen LogP contribution in [-0.4, -0.2) is 15.0 Å². The SMILES string of the molecule is Cc1csc(-c2nc(Cl)c3c(n2)CCC3)n1. The maximum atomic E-state index is 6.16. The van der Waals surface area contributed by atoms with Crippen molar-refractivity contribution in [2.45, 2.75) is 26.2 Å². The molecule has 16 heavy (non-hydrogen) atoms. The molecular formula is C11H10ClN3S. The number of hydrogen-bond acceptors (Lipinski definition) is 4. The number of fused-ring (bicyclic) bond motifs is 1. The summed E-state index contributed by atoms with van der Waals surface area (Å²) in [6.45, 7) is 1.97. The summed E-state index contributed by atoms with van der Waals surface area (Å²) in [6.07, 6.45) is 3.14. The summed E-state index contributed by atoms with van der Waals surface area (Å²) in [4.78, 5) is 13.3. The number of thiazole rings is 1. The molecule has 2 heterocycles. The van der Waals surface area contributed by atoms with Crippen LogP contribution in [0.4, 0.5) is 0 Å². The van der Waals surface area contributed by atoms with Crippen molar-refractivity contribution >= 4 is 22.9 Å². The van der Waals surface area contributed by atoms with E-state index >= 15 is 0 Å². The second-order valence-corrected chi connectivity index (χ2v) is 5.13. The lowest BCUT2D eigenvalue weighted by molar-refractivity contribution is 0.900. The van der Waals surface area contributed by atoms with Gasteiger partial charge in [0.15, 0.2) is 10.8 Å². The third-order valence-electron chi connectivity index (χ3n) is 2.69. The molecule has 0 aliphatic heterocycles. The summed E-state index contributed by atoms with van der Waals surface area (Å²) in [6, 6.07) is 0. The van der Waals surface area contributed by atoms with Crippen molar-refractivity contribution in [2.24, 2.45) is 0 Å². The van der Waals surface area contributed by atoms with Gasteiger partial charge in [0.25, 0.3) is 0 Å². The molecule has 0 radical (unpaired) electrons. The maximum absolute atomic E-state index is 6.16. The first-order chi connectivity index (χ1) is 7.74. The van der Waals surface area contributed by atoms with E-state index < -0.39 is 0 Å². The fourth-order valence-corrected chi connectivity index (χ4v) is 2.95. The lowest BCUT2D eigenvalue weighted by Gasteiger charge is -2.02. The molecule has 0 atom stereocenters. The molecule has 2 aromatic rings. The van der Waals surface area contributed by atoms with Crippen LogP contribution in [0.25, 0.3) is 10.8 Å². The molecule has 82 valence electrons. The van der Waals surface area contributed by atoms with Gasteiger partial charge < -0.3 is 0 Å². The fourth-order valence-electron chi connectivity index (χ4n) is 1.94. The van der Waals surface area contributed by atoms with Gasteiger partial charge in [-0.3, -0.25) is 0 Å². The fraction of sp³-hybridized carbons (Fsp3) is 0.364.